The topological polar surface area (TPSA) is 72.9 Å². The summed E-state index contributed by atoms with van der Waals surface area (Å²) in [7, 11) is -1.22. The molecule has 0 atom stereocenters. The van der Waals surface area contributed by atoms with Gasteiger partial charge in [0.05, 0.1) is 24.8 Å². The van der Waals surface area contributed by atoms with Crippen LogP contribution in [0.3, 0.4) is 0 Å². The van der Waals surface area contributed by atoms with Gasteiger partial charge in [-0.15, -0.1) is 0 Å². The van der Waals surface area contributed by atoms with Crippen molar-refractivity contribution < 1.29 is 22.7 Å². The third kappa shape index (κ3) is 3.83. The van der Waals surface area contributed by atoms with E-state index < -0.39 is 22.5 Å². The fraction of sp³-hybridized carbons (Fsp3) is 0.316. The molecular weight excluding hydrogens is 354 g/mol. The molecule has 0 N–H and O–H groups in total. The van der Waals surface area contributed by atoms with Crippen molar-refractivity contribution in [2.45, 2.75) is 25.7 Å². The van der Waals surface area contributed by atoms with Gasteiger partial charge >= 0.3 is 5.97 Å². The van der Waals surface area contributed by atoms with Crippen molar-refractivity contribution in [1.29, 1.82) is 0 Å². The van der Waals surface area contributed by atoms with E-state index in [0.717, 1.165) is 15.4 Å². The standard InChI is InChI=1S/C19H23NO5S/c1-13-7-6-8-17(15(13)3)20(12-19(21)25-5)26(22,23)16-9-10-18(24-4)14(2)11-16/h6-11H,12H2,1-5H3. The van der Waals surface area contributed by atoms with Crippen LogP contribution in [0.25, 0.3) is 0 Å². The summed E-state index contributed by atoms with van der Waals surface area (Å²) in [6, 6.07) is 9.93. The summed E-state index contributed by atoms with van der Waals surface area (Å²) < 4.78 is 37.5. The number of hydrogen-bond acceptors (Lipinski definition) is 5. The molecule has 0 radical (unpaired) electrons. The normalized spacial score (nSPS) is 11.1. The molecule has 0 bridgehead atoms. The molecule has 0 aliphatic heterocycles. The van der Waals surface area contributed by atoms with Crippen LogP contribution in [0.2, 0.25) is 0 Å². The molecule has 0 amide bonds. The van der Waals surface area contributed by atoms with Gasteiger partial charge in [0, 0.05) is 0 Å². The van der Waals surface area contributed by atoms with Gasteiger partial charge < -0.3 is 9.47 Å². The zero-order valence-corrected chi connectivity index (χ0v) is 16.4. The number of ether oxygens (including phenoxy) is 2. The second-order valence-electron chi connectivity index (χ2n) is 5.94. The van der Waals surface area contributed by atoms with Gasteiger partial charge in [0.25, 0.3) is 10.0 Å². The Kier molecular flexibility index (Phi) is 5.92. The first-order chi connectivity index (χ1) is 12.2. The third-order valence-corrected chi connectivity index (χ3v) is 6.06. The molecule has 0 fully saturated rings. The van der Waals surface area contributed by atoms with Crippen molar-refractivity contribution in [2.24, 2.45) is 0 Å². The fourth-order valence-corrected chi connectivity index (χ4v) is 4.18. The number of esters is 1. The van der Waals surface area contributed by atoms with E-state index in [4.69, 9.17) is 9.47 Å². The second kappa shape index (κ2) is 7.78. The van der Waals surface area contributed by atoms with Crippen LogP contribution in [0.4, 0.5) is 5.69 Å². The SMILES string of the molecule is COC(=O)CN(c1cccc(C)c1C)S(=O)(=O)c1ccc(OC)c(C)c1. The first-order valence-electron chi connectivity index (χ1n) is 8.02. The molecule has 26 heavy (non-hydrogen) atoms. The highest BCUT2D eigenvalue weighted by Crippen LogP contribution is 2.30. The van der Waals surface area contributed by atoms with E-state index in [-0.39, 0.29) is 4.90 Å². The van der Waals surface area contributed by atoms with Crippen molar-refractivity contribution in [3.8, 4) is 5.75 Å². The number of rotatable bonds is 6. The third-order valence-electron chi connectivity index (χ3n) is 4.30. The largest absolute Gasteiger partial charge is 0.496 e. The Morgan fingerprint density at radius 1 is 1.04 bits per heavy atom. The summed E-state index contributed by atoms with van der Waals surface area (Å²) in [6.45, 7) is 5.07. The van der Waals surface area contributed by atoms with Crippen molar-refractivity contribution >= 4 is 21.7 Å². The minimum Gasteiger partial charge on any atom is -0.496 e. The van der Waals surface area contributed by atoms with Gasteiger partial charge in [-0.2, -0.15) is 0 Å². The van der Waals surface area contributed by atoms with Gasteiger partial charge in [0.15, 0.2) is 0 Å². The van der Waals surface area contributed by atoms with E-state index in [1.54, 1.807) is 25.1 Å². The lowest BCUT2D eigenvalue weighted by atomic mass is 10.1. The Hall–Kier alpha value is -2.54. The monoisotopic (exact) mass is 377 g/mol. The Balaban J connectivity index is 2.62. The van der Waals surface area contributed by atoms with Crippen LogP contribution in [0.1, 0.15) is 16.7 Å². The summed E-state index contributed by atoms with van der Waals surface area (Å²) in [5, 5.41) is 0. The summed E-state index contributed by atoms with van der Waals surface area (Å²) in [5.74, 6) is -0.0464. The van der Waals surface area contributed by atoms with Gasteiger partial charge in [-0.05, 0) is 61.7 Å². The predicted molar refractivity (Wildman–Crippen MR) is 100 cm³/mol. The summed E-state index contributed by atoms with van der Waals surface area (Å²) in [6.07, 6.45) is 0. The molecule has 0 spiro atoms. The maximum atomic E-state index is 13.3. The summed E-state index contributed by atoms with van der Waals surface area (Å²) >= 11 is 0. The molecule has 0 unspecified atom stereocenters. The molecular formula is C19H23NO5S. The lowest BCUT2D eigenvalue weighted by Crippen LogP contribution is -2.37. The average Bonchev–Trinajstić information content (AvgIpc) is 2.61. The predicted octanol–water partition coefficient (Wildman–Crippen LogP) is 2.99. The number of nitrogens with zero attached hydrogens (tertiary/aromatic N) is 1. The first-order valence-corrected chi connectivity index (χ1v) is 9.46. The molecule has 140 valence electrons. The van der Waals surface area contributed by atoms with Gasteiger partial charge in [-0.3, -0.25) is 9.10 Å². The highest BCUT2D eigenvalue weighted by molar-refractivity contribution is 7.92. The van der Waals surface area contributed by atoms with Crippen LogP contribution in [0.5, 0.6) is 5.75 Å². The minimum atomic E-state index is -3.97. The van der Waals surface area contributed by atoms with Crippen LogP contribution in [0.15, 0.2) is 41.3 Å². The van der Waals surface area contributed by atoms with Crippen LogP contribution in [-0.2, 0) is 19.6 Å². The van der Waals surface area contributed by atoms with Gasteiger partial charge in [-0.25, -0.2) is 8.42 Å². The maximum absolute atomic E-state index is 13.3. The van der Waals surface area contributed by atoms with E-state index >= 15 is 0 Å². The Morgan fingerprint density at radius 2 is 1.73 bits per heavy atom. The molecule has 0 heterocycles. The van der Waals surface area contributed by atoms with Gasteiger partial charge in [0.2, 0.25) is 0 Å². The second-order valence-corrected chi connectivity index (χ2v) is 7.80. The van der Waals surface area contributed by atoms with Crippen molar-refractivity contribution in [3.63, 3.8) is 0 Å². The van der Waals surface area contributed by atoms with Gasteiger partial charge in [-0.1, -0.05) is 12.1 Å². The van der Waals surface area contributed by atoms with E-state index in [0.29, 0.717) is 17.0 Å². The molecule has 0 aliphatic rings. The van der Waals surface area contributed by atoms with Crippen molar-refractivity contribution in [2.75, 3.05) is 25.1 Å². The van der Waals surface area contributed by atoms with E-state index in [2.05, 4.69) is 0 Å². The quantitative estimate of drug-likeness (QED) is 0.724. The van der Waals surface area contributed by atoms with E-state index in [1.807, 2.05) is 19.9 Å². The smallest absolute Gasteiger partial charge is 0.326 e. The Labute approximate surface area is 154 Å². The van der Waals surface area contributed by atoms with Crippen molar-refractivity contribution in [1.82, 2.24) is 0 Å². The number of methoxy groups -OCH3 is 2. The number of benzene rings is 2. The van der Waals surface area contributed by atoms with E-state index in [9.17, 15) is 13.2 Å². The molecule has 6 nitrogen and oxygen atoms in total. The summed E-state index contributed by atoms with van der Waals surface area (Å²) in [4.78, 5) is 12.0. The van der Waals surface area contributed by atoms with Crippen LogP contribution in [-0.4, -0.2) is 35.2 Å². The number of hydrogen-bond donors (Lipinski definition) is 0. The highest BCUT2D eigenvalue weighted by atomic mass is 32.2. The fourth-order valence-electron chi connectivity index (χ4n) is 2.63. The molecule has 2 aromatic rings. The molecule has 0 saturated heterocycles. The van der Waals surface area contributed by atoms with Crippen LogP contribution in [0, 0.1) is 20.8 Å². The summed E-state index contributed by atoms with van der Waals surface area (Å²) in [5.41, 5.74) is 2.85. The zero-order valence-electron chi connectivity index (χ0n) is 15.6. The van der Waals surface area contributed by atoms with Crippen molar-refractivity contribution in [3.05, 3.63) is 53.1 Å². The maximum Gasteiger partial charge on any atom is 0.326 e. The molecule has 2 rings (SSSR count). The molecule has 0 aromatic heterocycles. The molecule has 7 heteroatoms. The average molecular weight is 377 g/mol. The Morgan fingerprint density at radius 3 is 2.31 bits per heavy atom. The zero-order chi connectivity index (χ0) is 19.5. The molecule has 2 aromatic carbocycles. The van der Waals surface area contributed by atoms with Crippen LogP contribution >= 0.6 is 0 Å². The number of carbonyl (C=O) groups is 1. The Bertz CT molecular complexity index is 922. The number of anilines is 1. The van der Waals surface area contributed by atoms with E-state index in [1.165, 1.54) is 26.4 Å². The minimum absolute atomic E-state index is 0.0839. The number of sulfonamides is 1. The van der Waals surface area contributed by atoms with Gasteiger partial charge in [0.1, 0.15) is 12.3 Å². The lowest BCUT2D eigenvalue weighted by Gasteiger charge is -2.26. The lowest BCUT2D eigenvalue weighted by molar-refractivity contribution is -0.138. The number of aryl methyl sites for hydroxylation is 2. The highest BCUT2D eigenvalue weighted by Gasteiger charge is 2.29. The van der Waals surface area contributed by atoms with Crippen LogP contribution < -0.4 is 9.04 Å². The molecule has 0 aliphatic carbocycles. The first kappa shape index (κ1) is 19.8. The number of carbonyl (C=O) groups excluding carboxylic acids is 1. The molecule has 0 saturated carbocycles.